The van der Waals surface area contributed by atoms with Crippen LogP contribution >= 0.6 is 0 Å². The van der Waals surface area contributed by atoms with Crippen molar-refractivity contribution in [3.05, 3.63) is 11.0 Å². The van der Waals surface area contributed by atoms with Crippen molar-refractivity contribution in [2.75, 3.05) is 13.1 Å². The summed E-state index contributed by atoms with van der Waals surface area (Å²) in [5, 5.41) is 1.35. The largest absolute Gasteiger partial charge is 0.236 e. The summed E-state index contributed by atoms with van der Waals surface area (Å²) in [6.45, 7) is 4.97. The summed E-state index contributed by atoms with van der Waals surface area (Å²) in [6, 6.07) is 0. The van der Waals surface area contributed by atoms with E-state index in [9.17, 15) is 8.42 Å². The molecule has 0 aromatic rings. The van der Waals surface area contributed by atoms with Gasteiger partial charge in [-0.3, -0.25) is 0 Å². The van der Waals surface area contributed by atoms with Gasteiger partial charge >= 0.3 is 0 Å². The molecule has 0 saturated carbocycles. The molecular formula is C8H15NO2S. The number of allylic oxidation sites excluding steroid dienone is 1. The van der Waals surface area contributed by atoms with Crippen molar-refractivity contribution >= 4 is 10.0 Å². The molecule has 3 nitrogen and oxygen atoms in total. The second-order valence-electron chi connectivity index (χ2n) is 3.35. The number of sulfonamides is 1. The van der Waals surface area contributed by atoms with Crippen molar-refractivity contribution in [2.24, 2.45) is 0 Å². The van der Waals surface area contributed by atoms with E-state index in [4.69, 9.17) is 0 Å². The second kappa shape index (κ2) is 3.58. The Kier molecular flexibility index (Phi) is 2.90. The zero-order valence-corrected chi connectivity index (χ0v) is 8.39. The van der Waals surface area contributed by atoms with Gasteiger partial charge in [-0.25, -0.2) is 8.42 Å². The van der Waals surface area contributed by atoms with Gasteiger partial charge in [-0.1, -0.05) is 5.57 Å². The zero-order valence-electron chi connectivity index (χ0n) is 7.58. The predicted molar refractivity (Wildman–Crippen MR) is 49.2 cm³/mol. The Morgan fingerprint density at radius 3 is 2.17 bits per heavy atom. The molecule has 12 heavy (non-hydrogen) atoms. The highest BCUT2D eigenvalue weighted by Crippen LogP contribution is 2.14. The van der Waals surface area contributed by atoms with E-state index < -0.39 is 10.0 Å². The van der Waals surface area contributed by atoms with Crippen LogP contribution in [0, 0.1) is 0 Å². The first-order valence-corrected chi connectivity index (χ1v) is 5.68. The molecule has 1 heterocycles. The molecule has 0 aromatic heterocycles. The molecule has 4 heteroatoms. The fourth-order valence-electron chi connectivity index (χ4n) is 1.31. The van der Waals surface area contributed by atoms with E-state index in [0.717, 1.165) is 18.4 Å². The molecule has 0 bridgehead atoms. The van der Waals surface area contributed by atoms with E-state index in [1.807, 2.05) is 0 Å². The van der Waals surface area contributed by atoms with Crippen LogP contribution in [0.5, 0.6) is 0 Å². The van der Waals surface area contributed by atoms with E-state index in [2.05, 4.69) is 0 Å². The highest BCUT2D eigenvalue weighted by atomic mass is 32.2. The van der Waals surface area contributed by atoms with Gasteiger partial charge in [0.15, 0.2) is 0 Å². The van der Waals surface area contributed by atoms with Crippen LogP contribution in [-0.4, -0.2) is 25.8 Å². The van der Waals surface area contributed by atoms with Gasteiger partial charge in [0.05, 0.1) is 0 Å². The fraction of sp³-hybridized carbons (Fsp3) is 0.750. The lowest BCUT2D eigenvalue weighted by molar-refractivity contribution is 0.486. The molecule has 0 spiro atoms. The van der Waals surface area contributed by atoms with Crippen molar-refractivity contribution in [1.29, 1.82) is 0 Å². The molecule has 0 aliphatic carbocycles. The van der Waals surface area contributed by atoms with E-state index in [0.29, 0.717) is 13.1 Å². The van der Waals surface area contributed by atoms with Gasteiger partial charge in [-0.2, -0.15) is 4.31 Å². The molecule has 0 N–H and O–H groups in total. The Morgan fingerprint density at radius 1 is 1.25 bits per heavy atom. The van der Waals surface area contributed by atoms with Crippen LogP contribution in [-0.2, 0) is 10.0 Å². The number of hydrogen-bond acceptors (Lipinski definition) is 2. The zero-order chi connectivity index (χ0) is 9.19. The average Bonchev–Trinajstić information content (AvgIpc) is 2.32. The average molecular weight is 189 g/mol. The molecule has 1 fully saturated rings. The van der Waals surface area contributed by atoms with Crippen molar-refractivity contribution in [3.8, 4) is 0 Å². The molecule has 70 valence electrons. The standard InChI is InChI=1S/C8H15NO2S/c1-8(2)7-12(10,11)9-5-3-4-6-9/h7H,3-6H2,1-2H3. The highest BCUT2D eigenvalue weighted by molar-refractivity contribution is 7.92. The van der Waals surface area contributed by atoms with Crippen LogP contribution in [0.1, 0.15) is 26.7 Å². The first kappa shape index (κ1) is 9.74. The minimum Gasteiger partial charge on any atom is -0.208 e. The molecule has 0 unspecified atom stereocenters. The minimum absolute atomic E-state index is 0.687. The summed E-state index contributed by atoms with van der Waals surface area (Å²) in [5.74, 6) is 0. The van der Waals surface area contributed by atoms with Gasteiger partial charge in [-0.15, -0.1) is 0 Å². The number of hydrogen-bond donors (Lipinski definition) is 0. The van der Waals surface area contributed by atoms with Crippen LogP contribution in [0.15, 0.2) is 11.0 Å². The van der Waals surface area contributed by atoms with Crippen molar-refractivity contribution in [2.45, 2.75) is 26.7 Å². The summed E-state index contributed by atoms with van der Waals surface area (Å²) in [7, 11) is -3.09. The second-order valence-corrected chi connectivity index (χ2v) is 5.13. The minimum atomic E-state index is -3.09. The lowest BCUT2D eigenvalue weighted by Crippen LogP contribution is -2.25. The molecule has 1 aliphatic heterocycles. The van der Waals surface area contributed by atoms with Crippen LogP contribution in [0.2, 0.25) is 0 Å². The summed E-state index contributed by atoms with van der Waals surface area (Å²) >= 11 is 0. The maximum absolute atomic E-state index is 11.5. The van der Waals surface area contributed by atoms with E-state index in [-0.39, 0.29) is 0 Å². The normalized spacial score (nSPS) is 19.5. The van der Waals surface area contributed by atoms with Crippen molar-refractivity contribution in [1.82, 2.24) is 4.31 Å². The van der Waals surface area contributed by atoms with Gasteiger partial charge in [0.1, 0.15) is 0 Å². The summed E-state index contributed by atoms with van der Waals surface area (Å²) < 4.78 is 24.5. The van der Waals surface area contributed by atoms with Crippen molar-refractivity contribution in [3.63, 3.8) is 0 Å². The third-order valence-electron chi connectivity index (χ3n) is 1.81. The Balaban J connectivity index is 2.78. The predicted octanol–water partition coefficient (Wildman–Crippen LogP) is 1.34. The van der Waals surface area contributed by atoms with Crippen LogP contribution in [0.4, 0.5) is 0 Å². The van der Waals surface area contributed by atoms with E-state index >= 15 is 0 Å². The third-order valence-corrected chi connectivity index (χ3v) is 3.66. The van der Waals surface area contributed by atoms with Crippen LogP contribution < -0.4 is 0 Å². The van der Waals surface area contributed by atoms with Gasteiger partial charge in [0, 0.05) is 18.5 Å². The highest BCUT2D eigenvalue weighted by Gasteiger charge is 2.22. The third kappa shape index (κ3) is 2.32. The molecule has 0 atom stereocenters. The number of rotatable bonds is 2. The maximum Gasteiger partial charge on any atom is 0.236 e. The Labute approximate surface area is 74.1 Å². The SMILES string of the molecule is CC(C)=CS(=O)(=O)N1CCCC1. The molecule has 0 amide bonds. The van der Waals surface area contributed by atoms with Crippen LogP contribution in [0.3, 0.4) is 0 Å². The molecule has 1 saturated heterocycles. The first-order chi connectivity index (χ1) is 5.52. The lowest BCUT2D eigenvalue weighted by atomic mass is 10.4. The maximum atomic E-state index is 11.5. The molecule has 0 radical (unpaired) electrons. The number of nitrogens with zero attached hydrogens (tertiary/aromatic N) is 1. The van der Waals surface area contributed by atoms with Crippen LogP contribution in [0.25, 0.3) is 0 Å². The summed E-state index contributed by atoms with van der Waals surface area (Å²) in [5.41, 5.74) is 0.835. The summed E-state index contributed by atoms with van der Waals surface area (Å²) in [6.07, 6.45) is 1.99. The Morgan fingerprint density at radius 2 is 1.75 bits per heavy atom. The quantitative estimate of drug-likeness (QED) is 0.657. The smallest absolute Gasteiger partial charge is 0.208 e. The van der Waals surface area contributed by atoms with Gasteiger partial charge in [-0.05, 0) is 26.7 Å². The van der Waals surface area contributed by atoms with Gasteiger partial charge in [0.25, 0.3) is 0 Å². The first-order valence-electron chi connectivity index (χ1n) is 4.17. The molecular weight excluding hydrogens is 174 g/mol. The fourth-order valence-corrected chi connectivity index (χ4v) is 2.83. The van der Waals surface area contributed by atoms with Gasteiger partial charge < -0.3 is 0 Å². The lowest BCUT2D eigenvalue weighted by Gasteiger charge is -2.11. The molecule has 1 rings (SSSR count). The molecule has 1 aliphatic rings. The Bertz CT molecular complexity index is 269. The Hall–Kier alpha value is -0.350. The van der Waals surface area contributed by atoms with Crippen molar-refractivity contribution < 1.29 is 8.42 Å². The van der Waals surface area contributed by atoms with E-state index in [1.54, 1.807) is 18.2 Å². The van der Waals surface area contributed by atoms with E-state index in [1.165, 1.54) is 5.41 Å². The molecule has 0 aromatic carbocycles. The summed E-state index contributed by atoms with van der Waals surface area (Å²) in [4.78, 5) is 0. The topological polar surface area (TPSA) is 37.4 Å². The van der Waals surface area contributed by atoms with Gasteiger partial charge in [0.2, 0.25) is 10.0 Å². The monoisotopic (exact) mass is 189 g/mol.